The number of fused-ring (bicyclic) bond motifs is 1. The van der Waals surface area contributed by atoms with E-state index in [1.54, 1.807) is 0 Å². The molecule has 2 heterocycles. The van der Waals surface area contributed by atoms with Gasteiger partial charge >= 0.3 is 0 Å². The molecule has 1 aromatic rings. The third-order valence-corrected chi connectivity index (χ3v) is 5.10. The maximum Gasteiger partial charge on any atom is 0.0377 e. The monoisotopic (exact) mass is 308 g/mol. The van der Waals surface area contributed by atoms with Crippen LogP contribution in [-0.4, -0.2) is 25.7 Å². The first-order chi connectivity index (χ1) is 8.56. The summed E-state index contributed by atoms with van der Waals surface area (Å²) >= 11 is 3.57. The van der Waals surface area contributed by atoms with Crippen LogP contribution in [0.15, 0.2) is 28.7 Å². The van der Waals surface area contributed by atoms with Crippen LogP contribution in [-0.2, 0) is 0 Å². The highest BCUT2D eigenvalue weighted by Crippen LogP contribution is 2.39. The zero-order valence-electron chi connectivity index (χ0n) is 11.1. The lowest BCUT2D eigenvalue weighted by Gasteiger charge is -2.40. The molecule has 98 valence electrons. The van der Waals surface area contributed by atoms with E-state index < -0.39 is 0 Å². The molecule has 1 N–H and O–H groups in total. The lowest BCUT2D eigenvalue weighted by Crippen LogP contribution is -2.47. The average molecular weight is 309 g/mol. The molecule has 0 bridgehead atoms. The summed E-state index contributed by atoms with van der Waals surface area (Å²) in [5, 5.41) is 3.70. The van der Waals surface area contributed by atoms with Crippen LogP contribution in [0.4, 0.5) is 5.69 Å². The van der Waals surface area contributed by atoms with Crippen LogP contribution < -0.4 is 10.2 Å². The molecule has 2 unspecified atom stereocenters. The van der Waals surface area contributed by atoms with Crippen LogP contribution in [0.3, 0.4) is 0 Å². The molecule has 2 saturated heterocycles. The third kappa shape index (κ3) is 2.19. The summed E-state index contributed by atoms with van der Waals surface area (Å²) in [6, 6.07) is 9.40. The third-order valence-electron chi connectivity index (χ3n) is 4.61. The van der Waals surface area contributed by atoms with Crippen molar-refractivity contribution in [2.45, 2.75) is 26.3 Å². The molecule has 0 spiro atoms. The minimum absolute atomic E-state index is 0.426. The van der Waals surface area contributed by atoms with Gasteiger partial charge in [-0.05, 0) is 36.0 Å². The predicted molar refractivity (Wildman–Crippen MR) is 80.0 cm³/mol. The van der Waals surface area contributed by atoms with E-state index in [1.807, 2.05) is 0 Å². The van der Waals surface area contributed by atoms with Crippen molar-refractivity contribution < 1.29 is 0 Å². The maximum absolute atomic E-state index is 3.70. The molecular weight excluding hydrogens is 288 g/mol. The normalized spacial score (nSPS) is 30.3. The van der Waals surface area contributed by atoms with Crippen LogP contribution in [0.5, 0.6) is 0 Å². The molecule has 0 saturated carbocycles. The highest BCUT2D eigenvalue weighted by Gasteiger charge is 2.44. The van der Waals surface area contributed by atoms with Gasteiger partial charge in [-0.15, -0.1) is 0 Å². The molecule has 0 aromatic heterocycles. The van der Waals surface area contributed by atoms with Crippen molar-refractivity contribution in [2.75, 3.05) is 24.5 Å². The van der Waals surface area contributed by atoms with Gasteiger partial charge in [0.05, 0.1) is 0 Å². The Morgan fingerprint density at radius 1 is 1.39 bits per heavy atom. The SMILES string of the molecule is CC1(C)CNC2CCN(c3cccc(Br)c3)CC21. The second-order valence-corrected chi connectivity index (χ2v) is 7.21. The number of hydrogen-bond donors (Lipinski definition) is 1. The lowest BCUT2D eigenvalue weighted by molar-refractivity contribution is 0.237. The number of hydrogen-bond acceptors (Lipinski definition) is 2. The quantitative estimate of drug-likeness (QED) is 0.856. The number of nitrogens with one attached hydrogen (secondary N) is 1. The number of piperidine rings is 1. The standard InChI is InChI=1S/C15H21BrN2/c1-15(2)10-17-14-6-7-18(9-13(14)15)12-5-3-4-11(16)8-12/h3-5,8,13-14,17H,6-7,9-10H2,1-2H3. The molecule has 0 radical (unpaired) electrons. The largest absolute Gasteiger partial charge is 0.371 e. The molecule has 18 heavy (non-hydrogen) atoms. The maximum atomic E-state index is 3.70. The Kier molecular flexibility index (Phi) is 3.15. The molecular formula is C15H21BrN2. The van der Waals surface area contributed by atoms with E-state index in [2.05, 4.69) is 64.3 Å². The van der Waals surface area contributed by atoms with E-state index in [9.17, 15) is 0 Å². The van der Waals surface area contributed by atoms with Gasteiger partial charge in [0, 0.05) is 35.8 Å². The van der Waals surface area contributed by atoms with E-state index in [0.29, 0.717) is 5.41 Å². The second kappa shape index (κ2) is 4.53. The highest BCUT2D eigenvalue weighted by atomic mass is 79.9. The predicted octanol–water partition coefficient (Wildman–Crippen LogP) is 3.27. The van der Waals surface area contributed by atoms with Crippen LogP contribution in [0.25, 0.3) is 0 Å². The fourth-order valence-corrected chi connectivity index (χ4v) is 3.81. The van der Waals surface area contributed by atoms with E-state index in [-0.39, 0.29) is 0 Å². The topological polar surface area (TPSA) is 15.3 Å². The molecule has 2 aliphatic rings. The Balaban J connectivity index is 1.80. The zero-order chi connectivity index (χ0) is 12.8. The van der Waals surface area contributed by atoms with E-state index in [1.165, 1.54) is 29.7 Å². The molecule has 0 amide bonds. The summed E-state index contributed by atoms with van der Waals surface area (Å²) in [7, 11) is 0. The Bertz CT molecular complexity index is 444. The highest BCUT2D eigenvalue weighted by molar-refractivity contribution is 9.10. The van der Waals surface area contributed by atoms with Crippen molar-refractivity contribution in [3.8, 4) is 0 Å². The molecule has 3 rings (SSSR count). The van der Waals surface area contributed by atoms with Crippen LogP contribution >= 0.6 is 15.9 Å². The molecule has 3 heteroatoms. The molecule has 2 atom stereocenters. The van der Waals surface area contributed by atoms with Gasteiger partial charge in [0.1, 0.15) is 0 Å². The van der Waals surface area contributed by atoms with Crippen LogP contribution in [0, 0.1) is 11.3 Å². The number of benzene rings is 1. The van der Waals surface area contributed by atoms with Crippen molar-refractivity contribution in [2.24, 2.45) is 11.3 Å². The number of anilines is 1. The number of nitrogens with zero attached hydrogens (tertiary/aromatic N) is 1. The van der Waals surface area contributed by atoms with Crippen LogP contribution in [0.2, 0.25) is 0 Å². The van der Waals surface area contributed by atoms with Gasteiger partial charge in [-0.1, -0.05) is 35.8 Å². The molecule has 2 nitrogen and oxygen atoms in total. The molecule has 2 fully saturated rings. The van der Waals surface area contributed by atoms with Crippen molar-refractivity contribution in [3.05, 3.63) is 28.7 Å². The fraction of sp³-hybridized carbons (Fsp3) is 0.600. The average Bonchev–Trinajstić information content (AvgIpc) is 2.65. The Hall–Kier alpha value is -0.540. The number of halogens is 1. The molecule has 0 aliphatic carbocycles. The van der Waals surface area contributed by atoms with Crippen molar-refractivity contribution >= 4 is 21.6 Å². The van der Waals surface area contributed by atoms with Crippen LogP contribution in [0.1, 0.15) is 20.3 Å². The van der Waals surface area contributed by atoms with Crippen molar-refractivity contribution in [1.29, 1.82) is 0 Å². The second-order valence-electron chi connectivity index (χ2n) is 6.30. The van der Waals surface area contributed by atoms with E-state index in [0.717, 1.165) is 18.5 Å². The smallest absolute Gasteiger partial charge is 0.0377 e. The first-order valence-corrected chi connectivity index (χ1v) is 7.59. The van der Waals surface area contributed by atoms with Crippen molar-refractivity contribution in [1.82, 2.24) is 5.32 Å². The summed E-state index contributed by atoms with van der Waals surface area (Å²) in [4.78, 5) is 2.54. The molecule has 2 aliphatic heterocycles. The van der Waals surface area contributed by atoms with Gasteiger partial charge in [-0.2, -0.15) is 0 Å². The summed E-state index contributed by atoms with van der Waals surface area (Å²) in [5.41, 5.74) is 1.78. The van der Waals surface area contributed by atoms with Gasteiger partial charge in [0.15, 0.2) is 0 Å². The minimum Gasteiger partial charge on any atom is -0.371 e. The zero-order valence-corrected chi connectivity index (χ0v) is 12.7. The Morgan fingerprint density at radius 3 is 3.00 bits per heavy atom. The first kappa shape index (κ1) is 12.5. The van der Waals surface area contributed by atoms with Gasteiger partial charge in [0.25, 0.3) is 0 Å². The number of rotatable bonds is 1. The van der Waals surface area contributed by atoms with Gasteiger partial charge in [-0.3, -0.25) is 0 Å². The van der Waals surface area contributed by atoms with Gasteiger partial charge in [0.2, 0.25) is 0 Å². The van der Waals surface area contributed by atoms with E-state index >= 15 is 0 Å². The summed E-state index contributed by atoms with van der Waals surface area (Å²) in [6.45, 7) is 8.31. The summed E-state index contributed by atoms with van der Waals surface area (Å²) in [5.74, 6) is 0.769. The van der Waals surface area contributed by atoms with Crippen molar-refractivity contribution in [3.63, 3.8) is 0 Å². The Morgan fingerprint density at radius 2 is 2.22 bits per heavy atom. The molecule has 1 aromatic carbocycles. The minimum atomic E-state index is 0.426. The summed E-state index contributed by atoms with van der Waals surface area (Å²) < 4.78 is 1.17. The lowest BCUT2D eigenvalue weighted by atomic mass is 9.76. The Labute approximate surface area is 118 Å². The first-order valence-electron chi connectivity index (χ1n) is 6.80. The van der Waals surface area contributed by atoms with Gasteiger partial charge < -0.3 is 10.2 Å². The van der Waals surface area contributed by atoms with Gasteiger partial charge in [-0.25, -0.2) is 0 Å². The summed E-state index contributed by atoms with van der Waals surface area (Å²) in [6.07, 6.45) is 1.26. The van der Waals surface area contributed by atoms with E-state index in [4.69, 9.17) is 0 Å². The fourth-order valence-electron chi connectivity index (χ4n) is 3.42.